The molecular formula is C9H17N7O. The number of carbonyl (C=O) groups is 1. The van der Waals surface area contributed by atoms with Crippen molar-refractivity contribution in [3.05, 3.63) is 11.9 Å². The molecular weight excluding hydrogens is 222 g/mol. The molecule has 8 nitrogen and oxygen atoms in total. The minimum Gasteiger partial charge on any atom is -0.368 e. The SMILES string of the molecule is CCc1nc(NN)cc(NCCNC(N)=O)n1. The molecule has 0 aliphatic rings. The number of hydrazine groups is 1. The third-order valence-corrected chi connectivity index (χ3v) is 1.97. The lowest BCUT2D eigenvalue weighted by molar-refractivity contribution is 0.249. The number of urea groups is 1. The zero-order chi connectivity index (χ0) is 12.7. The van der Waals surface area contributed by atoms with Gasteiger partial charge >= 0.3 is 6.03 Å². The summed E-state index contributed by atoms with van der Waals surface area (Å²) >= 11 is 0. The van der Waals surface area contributed by atoms with Crippen LogP contribution in [0.4, 0.5) is 16.4 Å². The quantitative estimate of drug-likeness (QED) is 0.256. The van der Waals surface area contributed by atoms with Crippen LogP contribution in [0.3, 0.4) is 0 Å². The van der Waals surface area contributed by atoms with E-state index in [0.29, 0.717) is 37.0 Å². The van der Waals surface area contributed by atoms with Crippen LogP contribution in [0.5, 0.6) is 0 Å². The van der Waals surface area contributed by atoms with Gasteiger partial charge in [-0.1, -0.05) is 6.92 Å². The van der Waals surface area contributed by atoms with E-state index < -0.39 is 6.03 Å². The number of primary amides is 1. The smallest absolute Gasteiger partial charge is 0.312 e. The Balaban J connectivity index is 2.54. The summed E-state index contributed by atoms with van der Waals surface area (Å²) in [5, 5.41) is 5.50. The molecule has 1 aromatic rings. The van der Waals surface area contributed by atoms with Crippen LogP contribution in [-0.2, 0) is 6.42 Å². The average Bonchev–Trinajstić information content (AvgIpc) is 2.34. The molecule has 0 saturated heterocycles. The highest BCUT2D eigenvalue weighted by atomic mass is 16.2. The van der Waals surface area contributed by atoms with Crippen LogP contribution in [0.2, 0.25) is 0 Å². The summed E-state index contributed by atoms with van der Waals surface area (Å²) in [6.45, 7) is 2.90. The number of hydrogen-bond acceptors (Lipinski definition) is 6. The first kappa shape index (κ1) is 13.0. The lowest BCUT2D eigenvalue weighted by atomic mass is 10.4. The van der Waals surface area contributed by atoms with Crippen LogP contribution in [0, 0.1) is 0 Å². The molecule has 0 fully saturated rings. The number of nitrogens with one attached hydrogen (secondary N) is 3. The molecule has 0 spiro atoms. The molecule has 0 saturated carbocycles. The number of aromatic nitrogens is 2. The number of rotatable bonds is 6. The molecule has 8 heteroatoms. The van der Waals surface area contributed by atoms with Crippen molar-refractivity contribution in [1.82, 2.24) is 15.3 Å². The largest absolute Gasteiger partial charge is 0.368 e. The number of anilines is 2. The van der Waals surface area contributed by atoms with Crippen LogP contribution in [0.25, 0.3) is 0 Å². The Morgan fingerprint density at radius 3 is 2.65 bits per heavy atom. The first-order chi connectivity index (χ1) is 8.15. The molecule has 0 atom stereocenters. The molecule has 1 rings (SSSR count). The van der Waals surface area contributed by atoms with E-state index in [2.05, 4.69) is 26.0 Å². The maximum atomic E-state index is 10.4. The van der Waals surface area contributed by atoms with Crippen LogP contribution in [-0.4, -0.2) is 29.1 Å². The summed E-state index contributed by atoms with van der Waals surface area (Å²) in [5.41, 5.74) is 7.40. The van der Waals surface area contributed by atoms with Gasteiger partial charge < -0.3 is 21.8 Å². The molecule has 0 bridgehead atoms. The topological polar surface area (TPSA) is 131 Å². The second kappa shape index (κ2) is 6.48. The standard InChI is InChI=1S/C9H17N7O/c1-2-6-14-7(5-8(15-6)16-11)12-3-4-13-9(10)17/h5H,2-4,11H2,1H3,(H3,10,13,17)(H2,12,14,15,16). The number of nitrogen functional groups attached to an aromatic ring is 1. The van der Waals surface area contributed by atoms with Crippen molar-refractivity contribution >= 4 is 17.7 Å². The van der Waals surface area contributed by atoms with Gasteiger partial charge in [-0.25, -0.2) is 20.6 Å². The maximum Gasteiger partial charge on any atom is 0.312 e. The van der Waals surface area contributed by atoms with Gasteiger partial charge in [0.25, 0.3) is 0 Å². The lowest BCUT2D eigenvalue weighted by Crippen LogP contribution is -2.33. The Morgan fingerprint density at radius 2 is 2.06 bits per heavy atom. The van der Waals surface area contributed by atoms with Crippen molar-refractivity contribution < 1.29 is 4.79 Å². The fraction of sp³-hybridized carbons (Fsp3) is 0.444. The van der Waals surface area contributed by atoms with Gasteiger partial charge in [0.15, 0.2) is 0 Å². The van der Waals surface area contributed by atoms with E-state index in [-0.39, 0.29) is 0 Å². The summed E-state index contributed by atoms with van der Waals surface area (Å²) < 4.78 is 0. The summed E-state index contributed by atoms with van der Waals surface area (Å²) in [6, 6.07) is 1.14. The number of nitrogens with two attached hydrogens (primary N) is 2. The Labute approximate surface area is 99.2 Å². The fourth-order valence-electron chi connectivity index (χ4n) is 1.20. The molecule has 7 N–H and O–H groups in total. The summed E-state index contributed by atoms with van der Waals surface area (Å²) in [7, 11) is 0. The molecule has 1 heterocycles. The molecule has 0 aromatic carbocycles. The first-order valence-corrected chi connectivity index (χ1v) is 5.27. The maximum absolute atomic E-state index is 10.4. The van der Waals surface area contributed by atoms with Crippen LogP contribution >= 0.6 is 0 Å². The molecule has 94 valence electrons. The average molecular weight is 239 g/mol. The van der Waals surface area contributed by atoms with E-state index in [1.165, 1.54) is 0 Å². The van der Waals surface area contributed by atoms with Crippen molar-refractivity contribution in [2.75, 3.05) is 23.8 Å². The second-order valence-corrected chi connectivity index (χ2v) is 3.27. The van der Waals surface area contributed by atoms with Crippen LogP contribution < -0.4 is 27.6 Å². The van der Waals surface area contributed by atoms with Crippen LogP contribution in [0.1, 0.15) is 12.7 Å². The van der Waals surface area contributed by atoms with E-state index in [1.807, 2.05) is 6.92 Å². The van der Waals surface area contributed by atoms with Gasteiger partial charge in [0.2, 0.25) is 0 Å². The Bertz CT molecular complexity index is 359. The Hall–Kier alpha value is -2.09. The van der Waals surface area contributed by atoms with E-state index in [9.17, 15) is 4.79 Å². The predicted molar refractivity (Wildman–Crippen MR) is 65.3 cm³/mol. The lowest BCUT2D eigenvalue weighted by Gasteiger charge is -2.09. The van der Waals surface area contributed by atoms with Crippen molar-refractivity contribution in [3.8, 4) is 0 Å². The van der Waals surface area contributed by atoms with Crippen molar-refractivity contribution in [1.29, 1.82) is 0 Å². The van der Waals surface area contributed by atoms with E-state index in [4.69, 9.17) is 11.6 Å². The van der Waals surface area contributed by atoms with Crippen LogP contribution in [0.15, 0.2) is 6.07 Å². The second-order valence-electron chi connectivity index (χ2n) is 3.27. The number of aryl methyl sites for hydroxylation is 1. The zero-order valence-corrected chi connectivity index (χ0v) is 9.66. The Morgan fingerprint density at radius 1 is 1.35 bits per heavy atom. The zero-order valence-electron chi connectivity index (χ0n) is 9.66. The van der Waals surface area contributed by atoms with Gasteiger partial charge in [0, 0.05) is 25.6 Å². The van der Waals surface area contributed by atoms with E-state index in [0.717, 1.165) is 0 Å². The molecule has 0 aliphatic carbocycles. The van der Waals surface area contributed by atoms with Gasteiger partial charge in [0.1, 0.15) is 17.5 Å². The molecule has 0 aliphatic heterocycles. The summed E-state index contributed by atoms with van der Waals surface area (Å²) in [5.74, 6) is 7.17. The molecule has 0 unspecified atom stereocenters. The number of carbonyl (C=O) groups excluding carboxylic acids is 1. The van der Waals surface area contributed by atoms with Crippen molar-refractivity contribution in [3.63, 3.8) is 0 Å². The highest BCUT2D eigenvalue weighted by Gasteiger charge is 2.02. The predicted octanol–water partition coefficient (Wildman–Crippen LogP) is -0.595. The third kappa shape index (κ3) is 4.51. The summed E-state index contributed by atoms with van der Waals surface area (Å²) in [6.07, 6.45) is 0.712. The monoisotopic (exact) mass is 239 g/mol. The summed E-state index contributed by atoms with van der Waals surface area (Å²) in [4.78, 5) is 18.8. The normalized spacial score (nSPS) is 9.76. The highest BCUT2D eigenvalue weighted by Crippen LogP contribution is 2.10. The molecule has 2 amide bonds. The molecule has 1 aromatic heterocycles. The minimum atomic E-state index is -0.548. The number of amides is 2. The molecule has 17 heavy (non-hydrogen) atoms. The minimum absolute atomic E-state index is 0.423. The molecule has 0 radical (unpaired) electrons. The van der Waals surface area contributed by atoms with Gasteiger partial charge in [-0.2, -0.15) is 0 Å². The third-order valence-electron chi connectivity index (χ3n) is 1.97. The van der Waals surface area contributed by atoms with Crippen molar-refractivity contribution in [2.24, 2.45) is 11.6 Å². The van der Waals surface area contributed by atoms with E-state index >= 15 is 0 Å². The first-order valence-electron chi connectivity index (χ1n) is 5.27. The fourth-order valence-corrected chi connectivity index (χ4v) is 1.20. The van der Waals surface area contributed by atoms with Gasteiger partial charge in [-0.15, -0.1) is 0 Å². The van der Waals surface area contributed by atoms with Crippen molar-refractivity contribution in [2.45, 2.75) is 13.3 Å². The van der Waals surface area contributed by atoms with Gasteiger partial charge in [-0.3, -0.25) is 0 Å². The Kier molecular flexibility index (Phi) is 4.95. The number of nitrogens with zero attached hydrogens (tertiary/aromatic N) is 2. The van der Waals surface area contributed by atoms with E-state index in [1.54, 1.807) is 6.07 Å². The van der Waals surface area contributed by atoms with Gasteiger partial charge in [-0.05, 0) is 0 Å². The van der Waals surface area contributed by atoms with Gasteiger partial charge in [0.05, 0.1) is 0 Å². The highest BCUT2D eigenvalue weighted by molar-refractivity contribution is 5.71. The number of hydrogen-bond donors (Lipinski definition) is 5.